The van der Waals surface area contributed by atoms with Crippen molar-refractivity contribution in [3.8, 4) is 0 Å². The summed E-state index contributed by atoms with van der Waals surface area (Å²) in [7, 11) is -2.87. The molecule has 0 radical (unpaired) electrons. The smallest absolute Gasteiger partial charge is 0.419 e. The zero-order valence-electron chi connectivity index (χ0n) is 19.5. The molecule has 1 aromatic carbocycles. The minimum absolute atomic E-state index is 0.0310. The lowest BCUT2D eigenvalue weighted by Crippen LogP contribution is -2.44. The maximum absolute atomic E-state index is 13.6. The van der Waals surface area contributed by atoms with Crippen molar-refractivity contribution in [1.82, 2.24) is 14.5 Å². The molecule has 8 nitrogen and oxygen atoms in total. The second kappa shape index (κ2) is 9.92. The van der Waals surface area contributed by atoms with Gasteiger partial charge in [-0.05, 0) is 56.2 Å². The number of fused-ring (bicyclic) bond motifs is 1. The first-order valence-electron chi connectivity index (χ1n) is 11.3. The van der Waals surface area contributed by atoms with Gasteiger partial charge in [0.2, 0.25) is 15.9 Å². The first-order chi connectivity index (χ1) is 16.1. The summed E-state index contributed by atoms with van der Waals surface area (Å²) in [5.74, 6) is -2.56. The van der Waals surface area contributed by atoms with E-state index in [0.29, 0.717) is 31.4 Å². The van der Waals surface area contributed by atoms with Crippen LogP contribution in [0.2, 0.25) is 0 Å². The fourth-order valence-electron chi connectivity index (χ4n) is 4.92. The number of amides is 2. The largest absolute Gasteiger partial charge is 0.465 e. The van der Waals surface area contributed by atoms with Crippen molar-refractivity contribution in [2.75, 3.05) is 20.1 Å². The quantitative estimate of drug-likeness (QED) is 0.533. The van der Waals surface area contributed by atoms with Gasteiger partial charge < -0.3 is 15.3 Å². The molecule has 0 aromatic heterocycles. The standard InChI is InChI=1S/C22H29F4N3O5S/c1-12(8-13(2)28(3)21(31)32)20(30)27-19-7-4-14-10-29(11-16(14)19)35(33,34)15-5-6-18(23)17(9-15)22(24,25)26/h5-6,9,12-14,16,19H,4,7-8,10-11H2,1-3H3,(H,27,30)(H,31,32)/t12-,13?,14-,16+,19+/m0/s1. The average molecular weight is 524 g/mol. The van der Waals surface area contributed by atoms with Gasteiger partial charge in [-0.2, -0.15) is 17.5 Å². The number of carbonyl (C=O) groups is 2. The molecule has 2 N–H and O–H groups in total. The van der Waals surface area contributed by atoms with Crippen LogP contribution in [0, 0.1) is 23.6 Å². The van der Waals surface area contributed by atoms with E-state index in [1.807, 2.05) is 0 Å². The number of carbonyl (C=O) groups excluding carboxylic acids is 1. The Morgan fingerprint density at radius 3 is 2.49 bits per heavy atom. The van der Waals surface area contributed by atoms with Crippen LogP contribution in [0.15, 0.2) is 23.1 Å². The molecule has 196 valence electrons. The van der Waals surface area contributed by atoms with Crippen LogP contribution < -0.4 is 5.32 Å². The summed E-state index contributed by atoms with van der Waals surface area (Å²) in [5.41, 5.74) is -1.64. The van der Waals surface area contributed by atoms with Gasteiger partial charge in [0.1, 0.15) is 5.82 Å². The fraction of sp³-hybridized carbons (Fsp3) is 0.636. The summed E-state index contributed by atoms with van der Waals surface area (Å²) in [4.78, 5) is 24.3. The lowest BCUT2D eigenvalue weighted by Gasteiger charge is -2.26. The lowest BCUT2D eigenvalue weighted by molar-refractivity contribution is -0.140. The van der Waals surface area contributed by atoms with Gasteiger partial charge in [0.15, 0.2) is 0 Å². The van der Waals surface area contributed by atoms with Crippen LogP contribution in [0.4, 0.5) is 22.4 Å². The van der Waals surface area contributed by atoms with Crippen LogP contribution >= 0.6 is 0 Å². The number of carboxylic acid groups (broad SMARTS) is 1. The minimum atomic E-state index is -5.03. The van der Waals surface area contributed by atoms with E-state index in [2.05, 4.69) is 5.32 Å². The van der Waals surface area contributed by atoms with E-state index in [1.54, 1.807) is 13.8 Å². The van der Waals surface area contributed by atoms with Crippen molar-refractivity contribution in [2.45, 2.75) is 56.3 Å². The zero-order chi connectivity index (χ0) is 26.3. The van der Waals surface area contributed by atoms with Gasteiger partial charge in [0.05, 0.1) is 10.5 Å². The molecule has 5 atom stereocenters. The Morgan fingerprint density at radius 1 is 1.23 bits per heavy atom. The topological polar surface area (TPSA) is 107 Å². The molecule has 1 unspecified atom stereocenters. The summed E-state index contributed by atoms with van der Waals surface area (Å²) in [5, 5.41) is 12.0. The molecule has 2 aliphatic rings. The maximum Gasteiger partial charge on any atom is 0.419 e. The van der Waals surface area contributed by atoms with Gasteiger partial charge in [-0.3, -0.25) is 4.79 Å². The van der Waals surface area contributed by atoms with Crippen molar-refractivity contribution >= 4 is 22.0 Å². The number of hydrogen-bond donors (Lipinski definition) is 2. The van der Waals surface area contributed by atoms with Crippen molar-refractivity contribution in [3.05, 3.63) is 29.6 Å². The van der Waals surface area contributed by atoms with Gasteiger partial charge in [0.25, 0.3) is 0 Å². The first kappa shape index (κ1) is 27.2. The third-order valence-corrected chi connectivity index (χ3v) is 8.96. The predicted molar refractivity (Wildman–Crippen MR) is 117 cm³/mol. The van der Waals surface area contributed by atoms with E-state index in [0.717, 1.165) is 15.3 Å². The van der Waals surface area contributed by atoms with Crippen LogP contribution in [-0.4, -0.2) is 67.0 Å². The second-order valence-corrected chi connectivity index (χ2v) is 11.4. The molecule has 1 aromatic rings. The van der Waals surface area contributed by atoms with Gasteiger partial charge in [-0.1, -0.05) is 6.92 Å². The molecular weight excluding hydrogens is 494 g/mol. The molecule has 2 fully saturated rings. The van der Waals surface area contributed by atoms with E-state index in [-0.39, 0.29) is 42.9 Å². The zero-order valence-corrected chi connectivity index (χ0v) is 20.4. The number of nitrogens with one attached hydrogen (secondary N) is 1. The van der Waals surface area contributed by atoms with Crippen LogP contribution in [0.3, 0.4) is 0 Å². The molecular formula is C22H29F4N3O5S. The van der Waals surface area contributed by atoms with Crippen molar-refractivity contribution < 1.29 is 40.7 Å². The van der Waals surface area contributed by atoms with E-state index >= 15 is 0 Å². The van der Waals surface area contributed by atoms with Crippen LogP contribution in [0.25, 0.3) is 0 Å². The molecule has 3 rings (SSSR count). The molecule has 0 bridgehead atoms. The minimum Gasteiger partial charge on any atom is -0.465 e. The number of alkyl halides is 3. The van der Waals surface area contributed by atoms with Gasteiger partial charge in [-0.15, -0.1) is 0 Å². The van der Waals surface area contributed by atoms with Gasteiger partial charge in [0, 0.05) is 38.1 Å². The highest BCUT2D eigenvalue weighted by atomic mass is 32.2. The monoisotopic (exact) mass is 523 g/mol. The van der Waals surface area contributed by atoms with E-state index < -0.39 is 44.5 Å². The molecule has 1 heterocycles. The summed E-state index contributed by atoms with van der Waals surface area (Å²) >= 11 is 0. The van der Waals surface area contributed by atoms with Crippen molar-refractivity contribution in [2.24, 2.45) is 17.8 Å². The first-order valence-corrected chi connectivity index (χ1v) is 12.7. The Bertz CT molecular complexity index is 1080. The Kier molecular flexibility index (Phi) is 7.70. The second-order valence-electron chi connectivity index (χ2n) is 9.46. The Hall–Kier alpha value is -2.41. The summed E-state index contributed by atoms with van der Waals surface area (Å²) < 4.78 is 80.0. The molecule has 13 heteroatoms. The third kappa shape index (κ3) is 5.71. The van der Waals surface area contributed by atoms with Crippen molar-refractivity contribution in [1.29, 1.82) is 0 Å². The molecule has 1 saturated heterocycles. The number of halogens is 4. The number of nitrogens with zero attached hydrogens (tertiary/aromatic N) is 2. The Balaban J connectivity index is 1.67. The lowest BCUT2D eigenvalue weighted by atomic mass is 9.96. The maximum atomic E-state index is 13.6. The van der Waals surface area contributed by atoms with E-state index in [9.17, 15) is 35.6 Å². The van der Waals surface area contributed by atoms with Crippen LogP contribution in [0.1, 0.15) is 38.7 Å². The highest BCUT2D eigenvalue weighted by Crippen LogP contribution is 2.41. The van der Waals surface area contributed by atoms with E-state index in [1.165, 1.54) is 7.05 Å². The summed E-state index contributed by atoms with van der Waals surface area (Å²) in [6, 6.07) is 0.953. The molecule has 1 saturated carbocycles. The van der Waals surface area contributed by atoms with Gasteiger partial charge >= 0.3 is 12.3 Å². The Morgan fingerprint density at radius 2 is 1.89 bits per heavy atom. The van der Waals surface area contributed by atoms with Crippen LogP contribution in [-0.2, 0) is 21.0 Å². The summed E-state index contributed by atoms with van der Waals surface area (Å²) in [6.07, 6.45) is -4.53. The molecule has 1 aliphatic heterocycles. The van der Waals surface area contributed by atoms with Gasteiger partial charge in [-0.25, -0.2) is 17.6 Å². The van der Waals surface area contributed by atoms with Crippen LogP contribution in [0.5, 0.6) is 0 Å². The van der Waals surface area contributed by atoms with E-state index in [4.69, 9.17) is 5.11 Å². The number of benzene rings is 1. The molecule has 35 heavy (non-hydrogen) atoms. The molecule has 2 amide bonds. The predicted octanol–water partition coefficient (Wildman–Crippen LogP) is 3.38. The molecule has 1 aliphatic carbocycles. The third-order valence-electron chi connectivity index (χ3n) is 7.14. The number of rotatable bonds is 7. The SMILES string of the molecule is CC(C[C@H](C)C(=O)N[C@@H]1CC[C@H]2CN(S(=O)(=O)c3ccc(F)c(C(F)(F)F)c3)C[C@H]21)N(C)C(=O)O. The highest BCUT2D eigenvalue weighted by molar-refractivity contribution is 7.89. The van der Waals surface area contributed by atoms with Crippen molar-refractivity contribution in [3.63, 3.8) is 0 Å². The summed E-state index contributed by atoms with van der Waals surface area (Å²) in [6.45, 7) is 3.52. The fourth-order valence-corrected chi connectivity index (χ4v) is 6.48. The number of sulfonamides is 1. The highest BCUT2D eigenvalue weighted by Gasteiger charge is 2.47. The molecule has 0 spiro atoms. The average Bonchev–Trinajstić information content (AvgIpc) is 3.34. The Labute approximate surface area is 201 Å². The number of hydrogen-bond acceptors (Lipinski definition) is 4. The normalized spacial score (nSPS) is 24.6.